The van der Waals surface area contributed by atoms with Crippen LogP contribution < -0.4 is 9.58 Å². The average molecular weight is 278 g/mol. The lowest BCUT2D eigenvalue weighted by atomic mass is 10.1. The van der Waals surface area contributed by atoms with Crippen molar-refractivity contribution in [2.24, 2.45) is 5.10 Å². The molecule has 1 aromatic heterocycles. The standard InChI is InChI=1S/C18H20N3/c1-18(2,3)20-13-15-9-5-6-10-16(15)17(14-20)21-12-8-4-7-11-19-21/h4-14H,1-3H3/q+1. The normalized spacial score (nSPS) is 14.7. The predicted molar refractivity (Wildman–Crippen MR) is 88.4 cm³/mol. The molecule has 0 atom stereocenters. The molecule has 1 aromatic carbocycles. The minimum absolute atomic E-state index is 0.0241. The fourth-order valence-corrected chi connectivity index (χ4v) is 2.34. The van der Waals surface area contributed by atoms with Crippen LogP contribution in [0.5, 0.6) is 0 Å². The van der Waals surface area contributed by atoms with Crippen LogP contribution in [0.15, 0.2) is 66.2 Å². The first kappa shape index (κ1) is 13.6. The molecule has 3 heteroatoms. The smallest absolute Gasteiger partial charge is 0.195 e. The highest BCUT2D eigenvalue weighted by molar-refractivity contribution is 5.93. The van der Waals surface area contributed by atoms with Gasteiger partial charge in [-0.1, -0.05) is 24.3 Å². The Morgan fingerprint density at radius 3 is 2.62 bits per heavy atom. The van der Waals surface area contributed by atoms with E-state index in [1.165, 1.54) is 10.8 Å². The second-order valence-electron chi connectivity index (χ2n) is 6.14. The van der Waals surface area contributed by atoms with Gasteiger partial charge in [0, 0.05) is 44.0 Å². The van der Waals surface area contributed by atoms with Gasteiger partial charge in [0.15, 0.2) is 17.9 Å². The number of hydrogen-bond acceptors (Lipinski definition) is 2. The fourth-order valence-electron chi connectivity index (χ4n) is 2.34. The average Bonchev–Trinajstić information content (AvgIpc) is 2.74. The first-order valence-electron chi connectivity index (χ1n) is 7.17. The van der Waals surface area contributed by atoms with E-state index in [9.17, 15) is 0 Å². The van der Waals surface area contributed by atoms with Gasteiger partial charge < -0.3 is 0 Å². The number of anilines is 1. The topological polar surface area (TPSA) is 19.5 Å². The molecule has 0 aliphatic carbocycles. The van der Waals surface area contributed by atoms with Gasteiger partial charge in [-0.3, -0.25) is 0 Å². The van der Waals surface area contributed by atoms with Crippen molar-refractivity contribution in [2.75, 3.05) is 5.01 Å². The Bertz CT molecular complexity index is 733. The Morgan fingerprint density at radius 2 is 1.81 bits per heavy atom. The van der Waals surface area contributed by atoms with Crippen molar-refractivity contribution in [3.63, 3.8) is 0 Å². The number of rotatable bonds is 1. The molecule has 0 spiro atoms. The van der Waals surface area contributed by atoms with Crippen molar-refractivity contribution >= 4 is 22.7 Å². The summed E-state index contributed by atoms with van der Waals surface area (Å²) >= 11 is 0. The molecule has 0 bridgehead atoms. The van der Waals surface area contributed by atoms with E-state index in [0.29, 0.717) is 0 Å². The van der Waals surface area contributed by atoms with Crippen LogP contribution in [-0.4, -0.2) is 6.21 Å². The molecular weight excluding hydrogens is 258 g/mol. The summed E-state index contributed by atoms with van der Waals surface area (Å²) in [5.41, 5.74) is 1.11. The second-order valence-corrected chi connectivity index (χ2v) is 6.14. The van der Waals surface area contributed by atoms with Gasteiger partial charge in [0.05, 0.1) is 0 Å². The quantitative estimate of drug-likeness (QED) is 0.727. The van der Waals surface area contributed by atoms with Crippen molar-refractivity contribution in [3.8, 4) is 0 Å². The maximum atomic E-state index is 4.49. The molecule has 3 nitrogen and oxygen atoms in total. The predicted octanol–water partition coefficient (Wildman–Crippen LogP) is 3.76. The van der Waals surface area contributed by atoms with Gasteiger partial charge in [0.2, 0.25) is 0 Å². The van der Waals surface area contributed by atoms with Crippen LogP contribution in [0.3, 0.4) is 0 Å². The summed E-state index contributed by atoms with van der Waals surface area (Å²) in [6.07, 6.45) is 14.1. The molecule has 106 valence electrons. The number of hydrogen-bond donors (Lipinski definition) is 0. The van der Waals surface area contributed by atoms with Crippen LogP contribution >= 0.6 is 0 Å². The molecule has 3 rings (SSSR count). The molecule has 21 heavy (non-hydrogen) atoms. The van der Waals surface area contributed by atoms with E-state index in [-0.39, 0.29) is 5.54 Å². The number of nitrogens with zero attached hydrogens (tertiary/aromatic N) is 3. The Labute approximate surface area is 125 Å². The van der Waals surface area contributed by atoms with Crippen LogP contribution in [0.1, 0.15) is 20.8 Å². The zero-order valence-corrected chi connectivity index (χ0v) is 12.7. The summed E-state index contributed by atoms with van der Waals surface area (Å²) in [5, 5.41) is 8.82. The van der Waals surface area contributed by atoms with E-state index >= 15 is 0 Å². The molecule has 0 N–H and O–H groups in total. The minimum atomic E-state index is 0.0241. The number of pyridine rings is 1. The summed E-state index contributed by atoms with van der Waals surface area (Å²) in [6, 6.07) is 8.42. The summed E-state index contributed by atoms with van der Waals surface area (Å²) < 4.78 is 2.24. The van der Waals surface area contributed by atoms with Crippen LogP contribution in [-0.2, 0) is 5.54 Å². The molecular formula is C18H20N3+. The van der Waals surface area contributed by atoms with Crippen molar-refractivity contribution in [2.45, 2.75) is 26.3 Å². The number of allylic oxidation sites excluding steroid dienone is 3. The Hall–Kier alpha value is -2.42. The highest BCUT2D eigenvalue weighted by atomic mass is 15.4. The lowest BCUT2D eigenvalue weighted by Crippen LogP contribution is -2.49. The van der Waals surface area contributed by atoms with E-state index in [1.54, 1.807) is 0 Å². The third-order valence-corrected chi connectivity index (χ3v) is 3.52. The largest absolute Gasteiger partial charge is 0.234 e. The minimum Gasteiger partial charge on any atom is -0.234 e. The number of benzene rings is 1. The molecule has 0 saturated carbocycles. The third kappa shape index (κ3) is 2.72. The molecule has 1 aliphatic heterocycles. The van der Waals surface area contributed by atoms with Crippen molar-refractivity contribution < 1.29 is 4.57 Å². The fraction of sp³-hybridized carbons (Fsp3) is 0.222. The van der Waals surface area contributed by atoms with Crippen molar-refractivity contribution in [1.82, 2.24) is 0 Å². The van der Waals surface area contributed by atoms with Crippen molar-refractivity contribution in [1.29, 1.82) is 0 Å². The lowest BCUT2D eigenvalue weighted by Gasteiger charge is -2.19. The van der Waals surface area contributed by atoms with Gasteiger partial charge in [0.25, 0.3) is 0 Å². The first-order chi connectivity index (χ1) is 10.1. The molecule has 2 aromatic rings. The summed E-state index contributed by atoms with van der Waals surface area (Å²) in [6.45, 7) is 6.61. The van der Waals surface area contributed by atoms with E-state index in [0.717, 1.165) is 5.69 Å². The maximum absolute atomic E-state index is 4.49. The second kappa shape index (κ2) is 5.17. The number of hydrazone groups is 1. The zero-order valence-electron chi connectivity index (χ0n) is 12.7. The molecule has 0 saturated heterocycles. The molecule has 0 fully saturated rings. The van der Waals surface area contributed by atoms with E-state index in [2.05, 4.69) is 67.1 Å². The van der Waals surface area contributed by atoms with Gasteiger partial charge >= 0.3 is 0 Å². The van der Waals surface area contributed by atoms with Crippen molar-refractivity contribution in [3.05, 3.63) is 61.1 Å². The lowest BCUT2D eigenvalue weighted by molar-refractivity contribution is -0.752. The van der Waals surface area contributed by atoms with E-state index < -0.39 is 0 Å². The van der Waals surface area contributed by atoms with Crippen LogP contribution in [0.4, 0.5) is 5.69 Å². The highest BCUT2D eigenvalue weighted by Gasteiger charge is 2.24. The van der Waals surface area contributed by atoms with Crippen LogP contribution in [0, 0.1) is 0 Å². The maximum Gasteiger partial charge on any atom is 0.195 e. The van der Waals surface area contributed by atoms with E-state index in [1.807, 2.05) is 35.7 Å². The van der Waals surface area contributed by atoms with Crippen LogP contribution in [0.25, 0.3) is 10.8 Å². The third-order valence-electron chi connectivity index (χ3n) is 3.52. The summed E-state index contributed by atoms with van der Waals surface area (Å²) in [7, 11) is 0. The summed E-state index contributed by atoms with van der Waals surface area (Å²) in [4.78, 5) is 0. The monoisotopic (exact) mass is 278 g/mol. The van der Waals surface area contributed by atoms with Gasteiger partial charge in [-0.25, -0.2) is 5.01 Å². The Morgan fingerprint density at radius 1 is 1.00 bits per heavy atom. The molecule has 2 heterocycles. The van der Waals surface area contributed by atoms with Gasteiger partial charge in [0.1, 0.15) is 5.69 Å². The van der Waals surface area contributed by atoms with Gasteiger partial charge in [-0.2, -0.15) is 9.67 Å². The molecule has 1 aliphatic rings. The van der Waals surface area contributed by atoms with Gasteiger partial charge in [-0.05, 0) is 18.2 Å². The molecule has 0 unspecified atom stereocenters. The Kier molecular flexibility index (Phi) is 3.34. The molecule has 0 amide bonds. The SMILES string of the molecule is CC(C)(C)[n+]1cc(N2C=CC=CC=N2)c2ccccc2c1. The van der Waals surface area contributed by atoms with Crippen LogP contribution in [0.2, 0.25) is 0 Å². The van der Waals surface area contributed by atoms with Gasteiger partial charge in [-0.15, -0.1) is 0 Å². The molecule has 0 radical (unpaired) electrons. The van der Waals surface area contributed by atoms with E-state index in [4.69, 9.17) is 0 Å². The first-order valence-corrected chi connectivity index (χ1v) is 7.17. The summed E-state index contributed by atoms with van der Waals surface area (Å²) in [5.74, 6) is 0. The zero-order chi connectivity index (χ0) is 14.9. The number of aromatic nitrogens is 1. The Balaban J connectivity index is 2.24. The number of fused-ring (bicyclic) bond motifs is 1. The highest BCUT2D eigenvalue weighted by Crippen LogP contribution is 2.26.